The molecule has 3 aliphatic rings. The number of nitrogens with zero attached hydrogens (tertiary/aromatic N) is 9. The number of ether oxygens (including phenoxy) is 1. The number of aromatic nitrogens is 7. The molecule has 2 aromatic carbocycles. The third-order valence-corrected chi connectivity index (χ3v) is 7.52. The summed E-state index contributed by atoms with van der Waals surface area (Å²) < 4.78 is 7.87. The molecule has 3 saturated heterocycles. The number of carbonyl (C=O) groups is 1. The second-order valence-electron chi connectivity index (χ2n) is 10.1. The van der Waals surface area contributed by atoms with Crippen LogP contribution in [0.25, 0.3) is 22.1 Å². The summed E-state index contributed by atoms with van der Waals surface area (Å²) >= 11 is 0. The molecular weight excluding hydrogens is 508 g/mol. The maximum Gasteiger partial charge on any atom is 0.246 e. The quantitative estimate of drug-likeness (QED) is 0.323. The first-order valence-electron chi connectivity index (χ1n) is 13.0. The van der Waals surface area contributed by atoms with E-state index in [0.29, 0.717) is 41.6 Å². The topological polar surface area (TPSA) is 127 Å². The van der Waals surface area contributed by atoms with Crippen molar-refractivity contribution in [1.82, 2.24) is 39.8 Å². The van der Waals surface area contributed by atoms with Gasteiger partial charge in [-0.3, -0.25) is 4.79 Å². The number of aryl methyl sites for hydroxylation is 2. The van der Waals surface area contributed by atoms with Gasteiger partial charge in [0.25, 0.3) is 0 Å². The monoisotopic (exact) mass is 534 g/mol. The van der Waals surface area contributed by atoms with Crippen LogP contribution < -0.4 is 15.0 Å². The highest BCUT2D eigenvalue weighted by Gasteiger charge is 2.46. The average molecular weight is 535 g/mol. The maximum atomic E-state index is 12.1. The van der Waals surface area contributed by atoms with Crippen molar-refractivity contribution in [3.63, 3.8) is 0 Å². The number of piperazine rings is 1. The molecule has 1 N–H and O–H groups in total. The molecule has 0 aliphatic carbocycles. The molecule has 0 spiro atoms. The highest BCUT2D eigenvalue weighted by Crippen LogP contribution is 2.36. The van der Waals surface area contributed by atoms with E-state index in [1.807, 2.05) is 55.3 Å². The molecule has 1 amide bonds. The highest BCUT2D eigenvalue weighted by atomic mass is 16.5. The van der Waals surface area contributed by atoms with Gasteiger partial charge in [-0.05, 0) is 55.3 Å². The van der Waals surface area contributed by atoms with E-state index in [0.717, 1.165) is 34.5 Å². The minimum absolute atomic E-state index is 0.0352. The van der Waals surface area contributed by atoms with Crippen LogP contribution in [0.2, 0.25) is 0 Å². The van der Waals surface area contributed by atoms with Crippen molar-refractivity contribution in [1.29, 1.82) is 0 Å². The molecule has 3 aromatic heterocycles. The zero-order valence-corrected chi connectivity index (χ0v) is 22.0. The van der Waals surface area contributed by atoms with E-state index in [2.05, 4.69) is 42.1 Å². The van der Waals surface area contributed by atoms with Gasteiger partial charge in [0, 0.05) is 31.9 Å². The van der Waals surface area contributed by atoms with Crippen molar-refractivity contribution in [2.75, 3.05) is 23.3 Å². The molecule has 2 unspecified atom stereocenters. The number of anilines is 3. The van der Waals surface area contributed by atoms with E-state index in [1.54, 1.807) is 10.9 Å². The summed E-state index contributed by atoms with van der Waals surface area (Å²) in [6, 6.07) is 11.9. The summed E-state index contributed by atoms with van der Waals surface area (Å²) in [4.78, 5) is 34.4. The molecule has 3 aliphatic heterocycles. The summed E-state index contributed by atoms with van der Waals surface area (Å²) in [5.74, 6) is 2.60. The van der Waals surface area contributed by atoms with Gasteiger partial charge in [0.05, 0.1) is 23.8 Å². The number of fused-ring (bicyclic) bond motifs is 4. The number of hydrogen-bond acceptors (Lipinski definition) is 10. The van der Waals surface area contributed by atoms with Gasteiger partial charge >= 0.3 is 0 Å². The fraction of sp³-hybridized carbons (Fsp3) is 0.250. The number of piperidine rings is 1. The number of benzene rings is 2. The van der Waals surface area contributed by atoms with E-state index in [9.17, 15) is 4.79 Å². The van der Waals surface area contributed by atoms with Crippen LogP contribution in [0.3, 0.4) is 0 Å². The molecular formula is C28H26N10O2. The fourth-order valence-corrected chi connectivity index (χ4v) is 5.50. The van der Waals surface area contributed by atoms with Crippen molar-refractivity contribution in [3.8, 4) is 11.5 Å². The van der Waals surface area contributed by atoms with Gasteiger partial charge in [-0.15, -0.1) is 5.10 Å². The van der Waals surface area contributed by atoms with Gasteiger partial charge in [-0.2, -0.15) is 0 Å². The van der Waals surface area contributed by atoms with Gasteiger partial charge in [-0.25, -0.2) is 24.6 Å². The van der Waals surface area contributed by atoms with Crippen molar-refractivity contribution in [3.05, 3.63) is 67.1 Å². The predicted octanol–water partition coefficient (Wildman–Crippen LogP) is 3.52. The Morgan fingerprint density at radius 2 is 1.95 bits per heavy atom. The number of rotatable bonds is 6. The summed E-state index contributed by atoms with van der Waals surface area (Å²) in [5, 5.41) is 11.6. The van der Waals surface area contributed by atoms with Gasteiger partial charge in [-0.1, -0.05) is 11.8 Å². The van der Waals surface area contributed by atoms with Crippen molar-refractivity contribution < 1.29 is 9.53 Å². The first kappa shape index (κ1) is 23.9. The predicted molar refractivity (Wildman–Crippen MR) is 150 cm³/mol. The van der Waals surface area contributed by atoms with Gasteiger partial charge in [0.2, 0.25) is 11.9 Å². The molecule has 8 rings (SSSR count). The van der Waals surface area contributed by atoms with Crippen LogP contribution in [0.15, 0.2) is 61.6 Å². The zero-order valence-electron chi connectivity index (χ0n) is 22.0. The Bertz CT molecular complexity index is 1790. The second-order valence-corrected chi connectivity index (χ2v) is 10.1. The summed E-state index contributed by atoms with van der Waals surface area (Å²) in [7, 11) is 1.86. The molecule has 12 nitrogen and oxygen atoms in total. The molecule has 2 atom stereocenters. The van der Waals surface area contributed by atoms with Crippen molar-refractivity contribution >= 4 is 45.4 Å². The zero-order chi connectivity index (χ0) is 27.4. The number of amides is 1. The van der Waals surface area contributed by atoms with E-state index >= 15 is 0 Å². The summed E-state index contributed by atoms with van der Waals surface area (Å²) in [6.07, 6.45) is 5.61. The molecule has 0 saturated carbocycles. The Hall–Kier alpha value is -5.13. The number of hydrogen-bond donors (Lipinski definition) is 1. The standard InChI is InChI=1S/C28H26N10O2/c1-4-25(39)37-13-18-10-19(14-37)38(18)28-29-12-22-26(33-28)27(31-15-30-22)32-17-5-8-24(16(2)9-17)40-20-6-7-23-21(11-20)34-35-36(23)3/h4-9,11-12,15,18-19H,1,10,13-14H2,2-3H3,(H,30,31,32). The minimum Gasteiger partial charge on any atom is -0.457 e. The average Bonchev–Trinajstić information content (AvgIpc) is 3.34. The van der Waals surface area contributed by atoms with E-state index in [-0.39, 0.29) is 18.0 Å². The van der Waals surface area contributed by atoms with Crippen LogP contribution in [0.4, 0.5) is 17.5 Å². The summed E-state index contributed by atoms with van der Waals surface area (Å²) in [5.41, 5.74) is 4.78. The largest absolute Gasteiger partial charge is 0.457 e. The van der Waals surface area contributed by atoms with Crippen molar-refractivity contribution in [2.24, 2.45) is 7.05 Å². The Morgan fingerprint density at radius 3 is 2.75 bits per heavy atom. The van der Waals surface area contributed by atoms with Crippen LogP contribution >= 0.6 is 0 Å². The Labute approximate surface area is 229 Å². The minimum atomic E-state index is -0.0352. The van der Waals surface area contributed by atoms with Gasteiger partial charge < -0.3 is 19.9 Å². The number of nitrogens with one attached hydrogen (secondary N) is 1. The highest BCUT2D eigenvalue weighted by molar-refractivity contribution is 5.88. The van der Waals surface area contributed by atoms with Crippen LogP contribution in [-0.4, -0.2) is 70.9 Å². The Kier molecular flexibility index (Phi) is 5.54. The van der Waals surface area contributed by atoms with E-state index in [4.69, 9.17) is 9.72 Å². The maximum absolute atomic E-state index is 12.1. The smallest absolute Gasteiger partial charge is 0.246 e. The molecule has 12 heteroatoms. The normalized spacial score (nSPS) is 18.1. The number of carbonyl (C=O) groups excluding carboxylic acids is 1. The SMILES string of the molecule is C=CC(=O)N1CC2CC(C1)N2c1ncc2ncnc(Nc3ccc(Oc4ccc5c(c4)nnn5C)c(C)c3)c2n1. The van der Waals surface area contributed by atoms with Crippen LogP contribution in [0.5, 0.6) is 11.5 Å². The molecule has 2 bridgehead atoms. The second kappa shape index (κ2) is 9.26. The molecule has 0 radical (unpaired) electrons. The lowest BCUT2D eigenvalue weighted by atomic mass is 9.88. The Morgan fingerprint density at radius 1 is 1.10 bits per heavy atom. The third-order valence-electron chi connectivity index (χ3n) is 7.52. The molecule has 3 fully saturated rings. The van der Waals surface area contributed by atoms with Gasteiger partial charge in [0.15, 0.2) is 5.82 Å². The van der Waals surface area contributed by atoms with E-state index < -0.39 is 0 Å². The van der Waals surface area contributed by atoms with Crippen LogP contribution in [0.1, 0.15) is 12.0 Å². The lowest BCUT2D eigenvalue weighted by molar-refractivity contribution is -0.129. The molecule has 6 heterocycles. The van der Waals surface area contributed by atoms with Crippen LogP contribution in [-0.2, 0) is 11.8 Å². The fourth-order valence-electron chi connectivity index (χ4n) is 5.50. The molecule has 200 valence electrons. The summed E-state index contributed by atoms with van der Waals surface area (Å²) in [6.45, 7) is 6.87. The van der Waals surface area contributed by atoms with E-state index in [1.165, 1.54) is 12.4 Å². The van der Waals surface area contributed by atoms with Gasteiger partial charge in [0.1, 0.15) is 34.4 Å². The third kappa shape index (κ3) is 4.04. The molecule has 40 heavy (non-hydrogen) atoms. The first-order chi connectivity index (χ1) is 19.5. The Balaban J connectivity index is 1.11. The first-order valence-corrected chi connectivity index (χ1v) is 13.0. The lowest BCUT2D eigenvalue weighted by Crippen LogP contribution is -2.70. The van der Waals surface area contributed by atoms with Crippen LogP contribution in [0, 0.1) is 6.92 Å². The lowest BCUT2D eigenvalue weighted by Gasteiger charge is -2.56. The van der Waals surface area contributed by atoms with Crippen molar-refractivity contribution in [2.45, 2.75) is 25.4 Å². The molecule has 5 aromatic rings.